The number of rotatable bonds is 6. The molecule has 0 atom stereocenters. The van der Waals surface area contributed by atoms with Crippen LogP contribution in [0.5, 0.6) is 0 Å². The quantitative estimate of drug-likeness (QED) is 0.625. The third kappa shape index (κ3) is 4.36. The molecule has 0 aliphatic rings. The van der Waals surface area contributed by atoms with E-state index < -0.39 is 0 Å². The van der Waals surface area contributed by atoms with Crippen LogP contribution in [0.15, 0.2) is 41.2 Å². The second-order valence-electron chi connectivity index (χ2n) is 7.31. The minimum absolute atomic E-state index is 0.269. The maximum atomic E-state index is 12.9. The van der Waals surface area contributed by atoms with Crippen LogP contribution in [0.4, 0.5) is 17.3 Å². The zero-order chi connectivity index (χ0) is 20.3. The molecule has 0 bridgehead atoms. The Morgan fingerprint density at radius 2 is 1.68 bits per heavy atom. The molecular formula is C21H25N5O2. The number of carbonyl (C=O) groups excluding carboxylic acids is 1. The lowest BCUT2D eigenvalue weighted by Gasteiger charge is -2.20. The minimum Gasteiger partial charge on any atom is -0.360 e. The van der Waals surface area contributed by atoms with Crippen molar-refractivity contribution >= 4 is 23.2 Å². The van der Waals surface area contributed by atoms with Crippen molar-refractivity contribution in [3.8, 4) is 0 Å². The van der Waals surface area contributed by atoms with Crippen molar-refractivity contribution in [2.45, 2.75) is 46.5 Å². The molecule has 0 radical (unpaired) electrons. The fourth-order valence-corrected chi connectivity index (χ4v) is 2.98. The molecule has 0 aliphatic heterocycles. The van der Waals surface area contributed by atoms with E-state index in [1.54, 1.807) is 19.1 Å². The van der Waals surface area contributed by atoms with Crippen molar-refractivity contribution < 1.29 is 9.32 Å². The summed E-state index contributed by atoms with van der Waals surface area (Å²) >= 11 is 0. The molecule has 2 heterocycles. The van der Waals surface area contributed by atoms with Gasteiger partial charge in [-0.25, -0.2) is 9.97 Å². The number of nitrogens with zero attached hydrogens (tertiary/aromatic N) is 3. The van der Waals surface area contributed by atoms with Gasteiger partial charge in [0.1, 0.15) is 23.6 Å². The van der Waals surface area contributed by atoms with Crippen molar-refractivity contribution in [3.05, 3.63) is 59.2 Å². The summed E-state index contributed by atoms with van der Waals surface area (Å²) in [5.41, 5.74) is 3.33. The zero-order valence-corrected chi connectivity index (χ0v) is 16.8. The first-order valence-corrected chi connectivity index (χ1v) is 9.31. The van der Waals surface area contributed by atoms with Gasteiger partial charge in [0.15, 0.2) is 5.82 Å². The molecular weight excluding hydrogens is 354 g/mol. The maximum Gasteiger partial charge on any atom is 0.274 e. The van der Waals surface area contributed by atoms with Crippen molar-refractivity contribution in [2.75, 3.05) is 10.6 Å². The van der Waals surface area contributed by atoms with E-state index >= 15 is 0 Å². The number of hydrogen-bond donors (Lipinski definition) is 2. The normalized spacial score (nSPS) is 11.1. The van der Waals surface area contributed by atoms with E-state index in [1.807, 2.05) is 18.2 Å². The van der Waals surface area contributed by atoms with Crippen molar-refractivity contribution in [1.82, 2.24) is 15.1 Å². The van der Waals surface area contributed by atoms with E-state index in [1.165, 1.54) is 6.33 Å². The molecule has 28 heavy (non-hydrogen) atoms. The molecule has 0 aliphatic carbocycles. The molecule has 0 fully saturated rings. The van der Waals surface area contributed by atoms with Crippen LogP contribution in [0.1, 0.15) is 66.9 Å². The van der Waals surface area contributed by atoms with Crippen LogP contribution in [0.3, 0.4) is 0 Å². The van der Waals surface area contributed by atoms with Crippen LogP contribution in [-0.4, -0.2) is 21.0 Å². The van der Waals surface area contributed by atoms with Gasteiger partial charge in [-0.2, -0.15) is 0 Å². The van der Waals surface area contributed by atoms with E-state index in [0.29, 0.717) is 17.4 Å². The van der Waals surface area contributed by atoms with Gasteiger partial charge < -0.3 is 15.2 Å². The topological polar surface area (TPSA) is 92.9 Å². The Morgan fingerprint density at radius 1 is 1.00 bits per heavy atom. The van der Waals surface area contributed by atoms with Crippen LogP contribution in [-0.2, 0) is 0 Å². The van der Waals surface area contributed by atoms with E-state index in [4.69, 9.17) is 4.52 Å². The molecule has 0 saturated heterocycles. The Morgan fingerprint density at radius 3 is 2.25 bits per heavy atom. The van der Waals surface area contributed by atoms with Crippen LogP contribution < -0.4 is 10.6 Å². The number of nitrogens with one attached hydrogen (secondary N) is 2. The van der Waals surface area contributed by atoms with Crippen molar-refractivity contribution in [2.24, 2.45) is 0 Å². The lowest BCUT2D eigenvalue weighted by Crippen LogP contribution is -2.17. The number of hydrogen-bond acceptors (Lipinski definition) is 6. The van der Waals surface area contributed by atoms with E-state index in [9.17, 15) is 4.79 Å². The average molecular weight is 379 g/mol. The summed E-state index contributed by atoms with van der Waals surface area (Å²) in [6.45, 7) is 10.3. The Hall–Kier alpha value is -3.22. The first kappa shape index (κ1) is 19.5. The van der Waals surface area contributed by atoms with E-state index in [0.717, 1.165) is 16.8 Å². The Balaban J connectivity index is 1.87. The fourth-order valence-electron chi connectivity index (χ4n) is 2.98. The average Bonchev–Trinajstić information content (AvgIpc) is 3.06. The highest BCUT2D eigenvalue weighted by Crippen LogP contribution is 2.32. The lowest BCUT2D eigenvalue weighted by atomic mass is 9.92. The number of para-hydroxylation sites is 1. The highest BCUT2D eigenvalue weighted by Gasteiger charge is 2.18. The second-order valence-corrected chi connectivity index (χ2v) is 7.31. The number of benzene rings is 1. The SMILES string of the molecule is Cc1cc(Nc2cc(C(=O)Nc3c(C(C)C)cccc3C(C)C)ncn2)no1. The zero-order valence-electron chi connectivity index (χ0n) is 16.8. The van der Waals surface area contributed by atoms with Gasteiger partial charge in [0.2, 0.25) is 0 Å². The lowest BCUT2D eigenvalue weighted by molar-refractivity contribution is 0.102. The molecule has 3 aromatic rings. The number of aryl methyl sites for hydroxylation is 1. The van der Waals surface area contributed by atoms with Gasteiger partial charge in [-0.05, 0) is 29.9 Å². The molecule has 0 spiro atoms. The van der Waals surface area contributed by atoms with Gasteiger partial charge in [0.05, 0.1) is 0 Å². The number of anilines is 3. The van der Waals surface area contributed by atoms with Crippen LogP contribution >= 0.6 is 0 Å². The largest absolute Gasteiger partial charge is 0.360 e. The molecule has 146 valence electrons. The Kier molecular flexibility index (Phi) is 5.73. The van der Waals surface area contributed by atoms with Gasteiger partial charge in [0, 0.05) is 17.8 Å². The fraction of sp³-hybridized carbons (Fsp3) is 0.333. The third-order valence-corrected chi connectivity index (χ3v) is 4.40. The monoisotopic (exact) mass is 379 g/mol. The molecule has 3 rings (SSSR count). The summed E-state index contributed by atoms with van der Waals surface area (Å²) < 4.78 is 5.03. The highest BCUT2D eigenvalue weighted by atomic mass is 16.5. The number of aromatic nitrogens is 3. The van der Waals surface area contributed by atoms with Gasteiger partial charge in [-0.1, -0.05) is 51.1 Å². The summed E-state index contributed by atoms with van der Waals surface area (Å²) in [6.07, 6.45) is 1.35. The number of carbonyl (C=O) groups is 1. The molecule has 0 saturated carbocycles. The molecule has 2 aromatic heterocycles. The molecule has 1 aromatic carbocycles. The summed E-state index contributed by atoms with van der Waals surface area (Å²) in [4.78, 5) is 21.2. The molecule has 7 nitrogen and oxygen atoms in total. The predicted octanol–water partition coefficient (Wildman–Crippen LogP) is 5.02. The van der Waals surface area contributed by atoms with Gasteiger partial charge in [0.25, 0.3) is 5.91 Å². The number of amides is 1. The third-order valence-electron chi connectivity index (χ3n) is 4.40. The molecule has 7 heteroatoms. The molecule has 2 N–H and O–H groups in total. The predicted molar refractivity (Wildman–Crippen MR) is 109 cm³/mol. The van der Waals surface area contributed by atoms with Crippen LogP contribution in [0.2, 0.25) is 0 Å². The Labute approximate surface area is 164 Å². The van der Waals surface area contributed by atoms with Gasteiger partial charge >= 0.3 is 0 Å². The van der Waals surface area contributed by atoms with Crippen molar-refractivity contribution in [1.29, 1.82) is 0 Å². The van der Waals surface area contributed by atoms with Crippen LogP contribution in [0.25, 0.3) is 0 Å². The maximum absolute atomic E-state index is 12.9. The van der Waals surface area contributed by atoms with E-state index in [-0.39, 0.29) is 23.4 Å². The highest BCUT2D eigenvalue weighted by molar-refractivity contribution is 6.04. The summed E-state index contributed by atoms with van der Waals surface area (Å²) in [5, 5.41) is 9.94. The molecule has 0 unspecified atom stereocenters. The first-order chi connectivity index (χ1) is 13.3. The summed E-state index contributed by atoms with van der Waals surface area (Å²) in [5.74, 6) is 1.96. The first-order valence-electron chi connectivity index (χ1n) is 9.31. The van der Waals surface area contributed by atoms with E-state index in [2.05, 4.69) is 53.5 Å². The standard InChI is InChI=1S/C21H25N5O2/c1-12(2)15-7-6-8-16(13(3)4)20(15)25-21(27)17-10-18(23-11-22-17)24-19-9-14(5)28-26-19/h6-13H,1-5H3,(H,25,27)(H,22,23,24,26). The summed E-state index contributed by atoms with van der Waals surface area (Å²) in [7, 11) is 0. The van der Waals surface area contributed by atoms with Crippen LogP contribution in [0, 0.1) is 6.92 Å². The smallest absolute Gasteiger partial charge is 0.274 e. The minimum atomic E-state index is -0.281. The van der Waals surface area contributed by atoms with Gasteiger partial charge in [-0.15, -0.1) is 0 Å². The van der Waals surface area contributed by atoms with Gasteiger partial charge in [-0.3, -0.25) is 4.79 Å². The second kappa shape index (κ2) is 8.21. The summed E-state index contributed by atoms with van der Waals surface area (Å²) in [6, 6.07) is 9.47. The molecule has 1 amide bonds. The van der Waals surface area contributed by atoms with Crippen molar-refractivity contribution in [3.63, 3.8) is 0 Å². The Bertz CT molecular complexity index is 952.